The summed E-state index contributed by atoms with van der Waals surface area (Å²) in [6, 6.07) is 1.52. The molecule has 21 heavy (non-hydrogen) atoms. The number of hydrogen-bond donors (Lipinski definition) is 1. The molecule has 3 aliphatic rings. The van der Waals surface area contributed by atoms with Gasteiger partial charge in [0.05, 0.1) is 0 Å². The summed E-state index contributed by atoms with van der Waals surface area (Å²) in [7, 11) is 0. The van der Waals surface area contributed by atoms with Crippen molar-refractivity contribution >= 4 is 11.8 Å². The summed E-state index contributed by atoms with van der Waals surface area (Å²) in [6.45, 7) is 1.16. The van der Waals surface area contributed by atoms with Gasteiger partial charge in [0, 0.05) is 23.8 Å². The van der Waals surface area contributed by atoms with Crippen LogP contribution < -0.4 is 5.32 Å². The van der Waals surface area contributed by atoms with E-state index in [2.05, 4.69) is 20.1 Å². The van der Waals surface area contributed by atoms with Crippen molar-refractivity contribution in [3.05, 3.63) is 5.82 Å². The molecule has 1 aromatic rings. The van der Waals surface area contributed by atoms with Crippen molar-refractivity contribution < 1.29 is 0 Å². The molecule has 0 spiro atoms. The van der Waals surface area contributed by atoms with Crippen LogP contribution in [0.3, 0.4) is 0 Å². The van der Waals surface area contributed by atoms with Gasteiger partial charge in [0.25, 0.3) is 0 Å². The number of nitrogens with zero attached hydrogens (tertiary/aromatic N) is 3. The van der Waals surface area contributed by atoms with E-state index in [1.807, 2.05) is 11.8 Å². The summed E-state index contributed by atoms with van der Waals surface area (Å²) in [5.41, 5.74) is 0. The highest BCUT2D eigenvalue weighted by Crippen LogP contribution is 2.45. The third kappa shape index (κ3) is 3.45. The predicted molar refractivity (Wildman–Crippen MR) is 85.9 cm³/mol. The molecule has 0 unspecified atom stereocenters. The first-order valence-corrected chi connectivity index (χ1v) is 9.71. The number of hydrogen-bond acceptors (Lipinski definition) is 4. The van der Waals surface area contributed by atoms with Gasteiger partial charge in [-0.2, -0.15) is 0 Å². The van der Waals surface area contributed by atoms with E-state index in [-0.39, 0.29) is 0 Å². The molecule has 0 bridgehead atoms. The van der Waals surface area contributed by atoms with Crippen LogP contribution in [0.1, 0.15) is 75.6 Å². The van der Waals surface area contributed by atoms with Crippen molar-refractivity contribution in [3.8, 4) is 0 Å². The van der Waals surface area contributed by atoms with E-state index < -0.39 is 0 Å². The first kappa shape index (κ1) is 14.1. The van der Waals surface area contributed by atoms with Gasteiger partial charge in [-0.05, 0) is 51.5 Å². The quantitative estimate of drug-likeness (QED) is 0.589. The van der Waals surface area contributed by atoms with Gasteiger partial charge in [0.1, 0.15) is 5.82 Å². The van der Waals surface area contributed by atoms with Crippen molar-refractivity contribution in [1.82, 2.24) is 20.1 Å². The number of nitrogens with one attached hydrogen (secondary N) is 1. The van der Waals surface area contributed by atoms with Crippen LogP contribution in [0, 0.1) is 0 Å². The number of thioether (sulfide) groups is 1. The monoisotopic (exact) mass is 306 g/mol. The molecular formula is C16H26N4S. The van der Waals surface area contributed by atoms with Crippen molar-refractivity contribution in [2.24, 2.45) is 0 Å². The second-order valence-corrected chi connectivity index (χ2v) is 7.92. The highest BCUT2D eigenvalue weighted by Gasteiger charge is 2.36. The average Bonchev–Trinajstić information content (AvgIpc) is 3.42. The Balaban J connectivity index is 1.25. The van der Waals surface area contributed by atoms with E-state index in [1.165, 1.54) is 68.8 Å². The van der Waals surface area contributed by atoms with Crippen LogP contribution in [0.25, 0.3) is 0 Å². The molecule has 4 nitrogen and oxygen atoms in total. The summed E-state index contributed by atoms with van der Waals surface area (Å²) in [5, 5.41) is 13.8. The number of rotatable bonds is 8. The first-order chi connectivity index (χ1) is 10.4. The summed E-state index contributed by atoms with van der Waals surface area (Å²) in [5.74, 6) is 3.16. The average molecular weight is 306 g/mol. The molecule has 1 heterocycles. The van der Waals surface area contributed by atoms with Gasteiger partial charge in [-0.15, -0.1) is 10.2 Å². The van der Waals surface area contributed by atoms with Crippen LogP contribution in [0.15, 0.2) is 5.16 Å². The van der Waals surface area contributed by atoms with E-state index in [9.17, 15) is 0 Å². The van der Waals surface area contributed by atoms with Crippen LogP contribution in [-0.2, 0) is 0 Å². The van der Waals surface area contributed by atoms with Gasteiger partial charge in [0.2, 0.25) is 0 Å². The molecule has 116 valence electrons. The standard InChI is InChI=1S/C16H26N4S/c1-2-5-13(4-1)17-10-3-11-21-16-19-18-15(12-6-7-12)20(16)14-8-9-14/h12-14,17H,1-11H2. The maximum absolute atomic E-state index is 4.48. The zero-order valence-electron chi connectivity index (χ0n) is 12.8. The lowest BCUT2D eigenvalue weighted by molar-refractivity contribution is 0.524. The van der Waals surface area contributed by atoms with E-state index >= 15 is 0 Å². The van der Waals surface area contributed by atoms with Gasteiger partial charge in [-0.25, -0.2) is 0 Å². The molecule has 0 amide bonds. The maximum atomic E-state index is 4.48. The Morgan fingerprint density at radius 1 is 1.05 bits per heavy atom. The molecule has 0 radical (unpaired) electrons. The lowest BCUT2D eigenvalue weighted by Crippen LogP contribution is -2.27. The predicted octanol–water partition coefficient (Wildman–Crippen LogP) is 3.50. The van der Waals surface area contributed by atoms with Gasteiger partial charge in [0.15, 0.2) is 5.16 Å². The lowest BCUT2D eigenvalue weighted by atomic mass is 10.2. The minimum Gasteiger partial charge on any atom is -0.314 e. The van der Waals surface area contributed by atoms with Crippen LogP contribution in [0.4, 0.5) is 0 Å². The second kappa shape index (κ2) is 6.29. The van der Waals surface area contributed by atoms with Crippen LogP contribution >= 0.6 is 11.8 Å². The fraction of sp³-hybridized carbons (Fsp3) is 0.875. The van der Waals surface area contributed by atoms with E-state index in [0.29, 0.717) is 0 Å². The SMILES string of the molecule is C(CNC1CCCC1)CSc1nnc(C2CC2)n1C1CC1. The largest absolute Gasteiger partial charge is 0.314 e. The highest BCUT2D eigenvalue weighted by molar-refractivity contribution is 7.99. The Morgan fingerprint density at radius 2 is 1.86 bits per heavy atom. The Hall–Kier alpha value is -0.550. The summed E-state index contributed by atoms with van der Waals surface area (Å²) in [6.07, 6.45) is 12.1. The summed E-state index contributed by atoms with van der Waals surface area (Å²) < 4.78 is 2.47. The number of aromatic nitrogens is 3. The Labute approximate surface area is 131 Å². The third-order valence-electron chi connectivity index (χ3n) is 4.89. The first-order valence-electron chi connectivity index (χ1n) is 8.73. The molecule has 3 saturated carbocycles. The normalized spacial score (nSPS) is 23.0. The fourth-order valence-corrected chi connectivity index (χ4v) is 4.31. The fourth-order valence-electron chi connectivity index (χ4n) is 3.35. The van der Waals surface area contributed by atoms with Crippen LogP contribution in [-0.4, -0.2) is 33.1 Å². The van der Waals surface area contributed by atoms with Gasteiger partial charge >= 0.3 is 0 Å². The minimum atomic E-state index is 0.717. The van der Waals surface area contributed by atoms with Crippen LogP contribution in [0.5, 0.6) is 0 Å². The molecule has 1 N–H and O–H groups in total. The van der Waals surface area contributed by atoms with Gasteiger partial charge in [-0.3, -0.25) is 0 Å². The van der Waals surface area contributed by atoms with E-state index in [4.69, 9.17) is 0 Å². The molecule has 3 aliphatic carbocycles. The Bertz CT molecular complexity index is 473. The van der Waals surface area contributed by atoms with Crippen molar-refractivity contribution in [3.63, 3.8) is 0 Å². The third-order valence-corrected chi connectivity index (χ3v) is 5.92. The minimum absolute atomic E-state index is 0.717. The molecule has 0 atom stereocenters. The molecule has 3 fully saturated rings. The van der Waals surface area contributed by atoms with Crippen molar-refractivity contribution in [2.45, 2.75) is 80.9 Å². The molecule has 4 rings (SSSR count). The van der Waals surface area contributed by atoms with Gasteiger partial charge < -0.3 is 9.88 Å². The maximum Gasteiger partial charge on any atom is 0.191 e. The van der Waals surface area contributed by atoms with E-state index in [0.717, 1.165) is 30.3 Å². The second-order valence-electron chi connectivity index (χ2n) is 6.85. The zero-order valence-corrected chi connectivity index (χ0v) is 13.6. The molecule has 0 aliphatic heterocycles. The van der Waals surface area contributed by atoms with Gasteiger partial charge in [-0.1, -0.05) is 24.6 Å². The molecule has 5 heteroatoms. The topological polar surface area (TPSA) is 42.7 Å². The smallest absolute Gasteiger partial charge is 0.191 e. The highest BCUT2D eigenvalue weighted by atomic mass is 32.2. The van der Waals surface area contributed by atoms with Crippen LogP contribution in [0.2, 0.25) is 0 Å². The molecule has 1 aromatic heterocycles. The molecule has 0 aromatic carbocycles. The zero-order chi connectivity index (χ0) is 14.1. The van der Waals surface area contributed by atoms with E-state index in [1.54, 1.807) is 0 Å². The Morgan fingerprint density at radius 3 is 2.57 bits per heavy atom. The van der Waals surface area contributed by atoms with Crippen molar-refractivity contribution in [2.75, 3.05) is 12.3 Å². The summed E-state index contributed by atoms with van der Waals surface area (Å²) in [4.78, 5) is 0. The molecule has 0 saturated heterocycles. The summed E-state index contributed by atoms with van der Waals surface area (Å²) >= 11 is 1.91. The lowest BCUT2D eigenvalue weighted by Gasteiger charge is -2.11. The molecular weight excluding hydrogens is 280 g/mol. The Kier molecular flexibility index (Phi) is 4.21. The van der Waals surface area contributed by atoms with Crippen molar-refractivity contribution in [1.29, 1.82) is 0 Å².